The van der Waals surface area contributed by atoms with Crippen LogP contribution in [0.25, 0.3) is 5.57 Å². The third-order valence-electron chi connectivity index (χ3n) is 6.23. The Morgan fingerprint density at radius 2 is 1.34 bits per heavy atom. The van der Waals surface area contributed by atoms with Gasteiger partial charge in [0.05, 0.1) is 7.11 Å². The van der Waals surface area contributed by atoms with Crippen LogP contribution in [-0.2, 0) is 0 Å². The van der Waals surface area contributed by atoms with Crippen molar-refractivity contribution in [2.45, 2.75) is 25.7 Å². The van der Waals surface area contributed by atoms with E-state index in [0.717, 1.165) is 50.2 Å². The maximum absolute atomic E-state index is 12.5. The van der Waals surface area contributed by atoms with Gasteiger partial charge in [0.2, 0.25) is 0 Å². The van der Waals surface area contributed by atoms with Crippen LogP contribution in [0, 0.1) is 0 Å². The molecule has 3 nitrogen and oxygen atoms in total. The smallest absolute Gasteiger partial charge is 0.162 e. The molecule has 0 radical (unpaired) electrons. The molecule has 0 saturated carbocycles. The van der Waals surface area contributed by atoms with E-state index in [-0.39, 0.29) is 5.78 Å². The Balaban J connectivity index is 1.35. The molecule has 1 aliphatic rings. The number of benzene rings is 3. The summed E-state index contributed by atoms with van der Waals surface area (Å²) in [6, 6.07) is 28.9. The molecule has 3 aromatic rings. The van der Waals surface area contributed by atoms with Crippen LogP contribution < -0.4 is 4.74 Å². The largest absolute Gasteiger partial charge is 0.497 e. The third-order valence-corrected chi connectivity index (χ3v) is 6.23. The van der Waals surface area contributed by atoms with Crippen molar-refractivity contribution in [2.24, 2.45) is 0 Å². The van der Waals surface area contributed by atoms with Gasteiger partial charge in [-0.05, 0) is 66.8 Å². The minimum atomic E-state index is 0.209. The third kappa shape index (κ3) is 5.54. The van der Waals surface area contributed by atoms with Crippen LogP contribution in [0.15, 0.2) is 90.5 Å². The molecular weight excluding hydrogens is 394 g/mol. The standard InChI is InChI=1S/C29H31NO2/c1-32-27-16-14-23(15-17-27)28(31)13-8-20-30-21-18-26(19-22-30)29(24-9-4-2-5-10-24)25-11-6-3-7-12-25/h2-7,9-12,14-17H,8,13,18-22H2,1H3. The Hall–Kier alpha value is -3.17. The Bertz CT molecular complexity index is 988. The molecule has 0 unspecified atom stereocenters. The SMILES string of the molecule is COc1ccc(C(=O)CCCN2CCC(=C(c3ccccc3)c3ccccc3)CC2)cc1. The second-order valence-electron chi connectivity index (χ2n) is 8.31. The van der Waals surface area contributed by atoms with Crippen molar-refractivity contribution in [3.63, 3.8) is 0 Å². The number of carbonyl (C=O) groups excluding carboxylic acids is 1. The molecule has 0 spiro atoms. The highest BCUT2D eigenvalue weighted by molar-refractivity contribution is 5.96. The van der Waals surface area contributed by atoms with Crippen LogP contribution in [0.4, 0.5) is 0 Å². The first-order chi connectivity index (χ1) is 15.7. The summed E-state index contributed by atoms with van der Waals surface area (Å²) < 4.78 is 5.17. The molecular formula is C29H31NO2. The second kappa shape index (κ2) is 10.9. The van der Waals surface area contributed by atoms with Crippen LogP contribution in [0.2, 0.25) is 0 Å². The predicted molar refractivity (Wildman–Crippen MR) is 131 cm³/mol. The average Bonchev–Trinajstić information content (AvgIpc) is 2.86. The van der Waals surface area contributed by atoms with Gasteiger partial charge in [-0.2, -0.15) is 0 Å². The first-order valence-corrected chi connectivity index (χ1v) is 11.5. The van der Waals surface area contributed by atoms with Gasteiger partial charge in [0, 0.05) is 25.1 Å². The lowest BCUT2D eigenvalue weighted by Crippen LogP contribution is -2.32. The summed E-state index contributed by atoms with van der Waals surface area (Å²) in [6.07, 6.45) is 3.63. The van der Waals surface area contributed by atoms with Gasteiger partial charge in [-0.3, -0.25) is 4.79 Å². The minimum absolute atomic E-state index is 0.209. The number of carbonyl (C=O) groups is 1. The summed E-state index contributed by atoms with van der Waals surface area (Å²) in [7, 11) is 1.64. The topological polar surface area (TPSA) is 29.5 Å². The predicted octanol–water partition coefficient (Wildman–Crippen LogP) is 6.26. The summed E-state index contributed by atoms with van der Waals surface area (Å²) >= 11 is 0. The van der Waals surface area contributed by atoms with E-state index in [9.17, 15) is 4.79 Å². The molecule has 164 valence electrons. The molecule has 1 saturated heterocycles. The fourth-order valence-electron chi connectivity index (χ4n) is 4.47. The number of nitrogens with zero attached hydrogens (tertiary/aromatic N) is 1. The van der Waals surface area contributed by atoms with Gasteiger partial charge in [-0.25, -0.2) is 0 Å². The molecule has 3 aromatic carbocycles. The van der Waals surface area contributed by atoms with Crippen molar-refractivity contribution < 1.29 is 9.53 Å². The van der Waals surface area contributed by atoms with E-state index >= 15 is 0 Å². The molecule has 4 rings (SSSR count). The number of ether oxygens (including phenoxy) is 1. The van der Waals surface area contributed by atoms with E-state index < -0.39 is 0 Å². The van der Waals surface area contributed by atoms with Gasteiger partial charge in [-0.1, -0.05) is 66.2 Å². The van der Waals surface area contributed by atoms with E-state index in [1.165, 1.54) is 22.3 Å². The molecule has 1 aliphatic heterocycles. The molecule has 0 N–H and O–H groups in total. The normalized spacial score (nSPS) is 14.2. The van der Waals surface area contributed by atoms with Crippen LogP contribution in [-0.4, -0.2) is 37.4 Å². The quantitative estimate of drug-likeness (QED) is 0.399. The lowest BCUT2D eigenvalue weighted by Gasteiger charge is -2.30. The zero-order valence-corrected chi connectivity index (χ0v) is 18.8. The van der Waals surface area contributed by atoms with E-state index in [1.54, 1.807) is 7.11 Å². The molecule has 0 aromatic heterocycles. The summed E-state index contributed by atoms with van der Waals surface area (Å²) in [5, 5.41) is 0. The van der Waals surface area contributed by atoms with Gasteiger partial charge in [-0.15, -0.1) is 0 Å². The van der Waals surface area contributed by atoms with Crippen molar-refractivity contribution in [3.8, 4) is 5.75 Å². The number of methoxy groups -OCH3 is 1. The maximum atomic E-state index is 12.5. The number of likely N-dealkylation sites (tertiary alicyclic amines) is 1. The van der Waals surface area contributed by atoms with Gasteiger partial charge in [0.1, 0.15) is 5.75 Å². The Kier molecular flexibility index (Phi) is 7.52. The zero-order valence-electron chi connectivity index (χ0n) is 18.8. The lowest BCUT2D eigenvalue weighted by molar-refractivity contribution is 0.0974. The average molecular weight is 426 g/mol. The number of ketones is 1. The fourth-order valence-corrected chi connectivity index (χ4v) is 4.47. The summed E-state index contributed by atoms with van der Waals surface area (Å²) in [5.41, 5.74) is 6.29. The van der Waals surface area contributed by atoms with Crippen molar-refractivity contribution in [3.05, 3.63) is 107 Å². The van der Waals surface area contributed by atoms with Gasteiger partial charge < -0.3 is 9.64 Å². The Morgan fingerprint density at radius 3 is 1.88 bits per heavy atom. The van der Waals surface area contributed by atoms with E-state index in [2.05, 4.69) is 65.6 Å². The number of Topliss-reactive ketones (excluding diaryl/α,β-unsaturated/α-hetero) is 1. The minimum Gasteiger partial charge on any atom is -0.497 e. The second-order valence-corrected chi connectivity index (χ2v) is 8.31. The highest BCUT2D eigenvalue weighted by Gasteiger charge is 2.19. The summed E-state index contributed by atoms with van der Waals surface area (Å²) in [6.45, 7) is 3.08. The number of hydrogen-bond acceptors (Lipinski definition) is 3. The fraction of sp³-hybridized carbons (Fsp3) is 0.276. The van der Waals surface area contributed by atoms with Crippen molar-refractivity contribution in [2.75, 3.05) is 26.7 Å². The number of rotatable bonds is 8. The van der Waals surface area contributed by atoms with Crippen molar-refractivity contribution in [1.82, 2.24) is 4.90 Å². The Morgan fingerprint density at radius 1 is 0.781 bits per heavy atom. The van der Waals surface area contributed by atoms with Gasteiger partial charge >= 0.3 is 0 Å². The number of piperidine rings is 1. The van der Waals surface area contributed by atoms with E-state index in [4.69, 9.17) is 4.74 Å². The molecule has 1 fully saturated rings. The zero-order chi connectivity index (χ0) is 22.2. The molecule has 1 heterocycles. The molecule has 0 aliphatic carbocycles. The van der Waals surface area contributed by atoms with Gasteiger partial charge in [0.15, 0.2) is 5.78 Å². The lowest BCUT2D eigenvalue weighted by atomic mass is 9.88. The van der Waals surface area contributed by atoms with Gasteiger partial charge in [0.25, 0.3) is 0 Å². The molecule has 0 bridgehead atoms. The Labute approximate surface area is 191 Å². The first kappa shape index (κ1) is 22.0. The summed E-state index contributed by atoms with van der Waals surface area (Å²) in [5.74, 6) is 0.991. The maximum Gasteiger partial charge on any atom is 0.162 e. The van der Waals surface area contributed by atoms with Crippen LogP contribution >= 0.6 is 0 Å². The van der Waals surface area contributed by atoms with Crippen LogP contribution in [0.3, 0.4) is 0 Å². The van der Waals surface area contributed by atoms with Crippen LogP contribution in [0.1, 0.15) is 47.2 Å². The van der Waals surface area contributed by atoms with E-state index in [1.807, 2.05) is 24.3 Å². The van der Waals surface area contributed by atoms with Crippen LogP contribution in [0.5, 0.6) is 5.75 Å². The van der Waals surface area contributed by atoms with E-state index in [0.29, 0.717) is 6.42 Å². The highest BCUT2D eigenvalue weighted by atomic mass is 16.5. The monoisotopic (exact) mass is 425 g/mol. The molecule has 0 amide bonds. The molecule has 0 atom stereocenters. The summed E-state index contributed by atoms with van der Waals surface area (Å²) in [4.78, 5) is 15.0. The molecule has 3 heteroatoms. The highest BCUT2D eigenvalue weighted by Crippen LogP contribution is 2.32. The molecule has 32 heavy (non-hydrogen) atoms. The van der Waals surface area contributed by atoms with Crippen molar-refractivity contribution in [1.29, 1.82) is 0 Å². The number of hydrogen-bond donors (Lipinski definition) is 0. The first-order valence-electron chi connectivity index (χ1n) is 11.5. The van der Waals surface area contributed by atoms with Crippen molar-refractivity contribution >= 4 is 11.4 Å².